The predicted molar refractivity (Wildman–Crippen MR) is 111 cm³/mol. The number of fused-ring (bicyclic) bond motifs is 1. The van der Waals surface area contributed by atoms with Crippen molar-refractivity contribution in [2.45, 2.75) is 26.3 Å². The van der Waals surface area contributed by atoms with Gasteiger partial charge in [0.15, 0.2) is 0 Å². The Balaban J connectivity index is 1.80. The molecule has 2 amide bonds. The number of thiophene rings is 1. The fraction of sp³-hybridized carbons (Fsp3) is 0.200. The van der Waals surface area contributed by atoms with Crippen LogP contribution in [0.5, 0.6) is 0 Å². The number of halogens is 4. The number of nitrogens with one attached hydrogen (secondary N) is 1. The quantitative estimate of drug-likeness (QED) is 0.372. The van der Waals surface area contributed by atoms with Gasteiger partial charge >= 0.3 is 0 Å². The molecule has 0 aliphatic carbocycles. The summed E-state index contributed by atoms with van der Waals surface area (Å²) in [5.41, 5.74) is 4.89. The lowest BCUT2D eigenvalue weighted by Gasteiger charge is -2.10. The van der Waals surface area contributed by atoms with E-state index in [1.165, 1.54) is 19.3 Å². The van der Waals surface area contributed by atoms with Crippen LogP contribution in [0.1, 0.15) is 39.6 Å². The molecule has 0 aliphatic heterocycles. The minimum absolute atomic E-state index is 0.0360. The smallest absolute Gasteiger partial charge is 0.282 e. The van der Waals surface area contributed by atoms with Crippen molar-refractivity contribution < 1.29 is 31.6 Å². The largest absolute Gasteiger partial charge is 0.464 e. The Kier molecular flexibility index (Phi) is 5.89. The molecule has 3 N–H and O–H groups in total. The Morgan fingerprint density at radius 2 is 1.94 bits per heavy atom. The first-order valence-corrected chi connectivity index (χ1v) is 10.2. The summed E-state index contributed by atoms with van der Waals surface area (Å²) in [5, 5.41) is 6.41. The van der Waals surface area contributed by atoms with Crippen LogP contribution in [0.2, 0.25) is 0 Å². The third kappa shape index (κ3) is 4.31. The number of nitrogens with two attached hydrogens (primary N) is 1. The number of aromatic nitrogens is 3. The lowest BCUT2D eigenvalue weighted by atomic mass is 10.1. The number of carbonyl (C=O) groups excluding carboxylic acids is 2. The number of nitrogens with zero attached hydrogens (tertiary/aromatic N) is 3. The monoisotopic (exact) mass is 481 g/mol. The summed E-state index contributed by atoms with van der Waals surface area (Å²) in [4.78, 5) is 28.6. The van der Waals surface area contributed by atoms with Gasteiger partial charge in [0.2, 0.25) is 5.91 Å². The predicted octanol–water partition coefficient (Wildman–Crippen LogP) is 4.67. The molecule has 172 valence electrons. The first-order chi connectivity index (χ1) is 15.7. The van der Waals surface area contributed by atoms with E-state index in [0.29, 0.717) is 5.69 Å². The van der Waals surface area contributed by atoms with E-state index in [9.17, 15) is 27.2 Å². The number of carbonyl (C=O) groups is 2. The van der Waals surface area contributed by atoms with Crippen molar-refractivity contribution in [3.05, 3.63) is 52.5 Å². The van der Waals surface area contributed by atoms with Gasteiger partial charge in [-0.2, -0.15) is 5.10 Å². The van der Waals surface area contributed by atoms with Crippen LogP contribution in [0.15, 0.2) is 34.9 Å². The molecule has 0 spiro atoms. The zero-order valence-electron chi connectivity index (χ0n) is 16.8. The van der Waals surface area contributed by atoms with Crippen molar-refractivity contribution in [2.24, 2.45) is 5.73 Å². The fourth-order valence-electron chi connectivity index (χ4n) is 3.27. The Labute approximate surface area is 187 Å². The van der Waals surface area contributed by atoms with Crippen LogP contribution in [0.4, 0.5) is 23.2 Å². The van der Waals surface area contributed by atoms with Crippen molar-refractivity contribution in [3.8, 4) is 11.3 Å². The number of anilines is 1. The maximum Gasteiger partial charge on any atom is 0.282 e. The molecule has 4 aromatic rings. The third-order valence-corrected chi connectivity index (χ3v) is 5.80. The van der Waals surface area contributed by atoms with E-state index in [0.717, 1.165) is 28.2 Å². The highest BCUT2D eigenvalue weighted by Crippen LogP contribution is 2.42. The standard InChI is InChI=1S/C20H15F4N5O3S/c1-8-5-11(18(23)24)28-29(8)7-13(30)27-15-14-9(12-3-2-4-32-12)6-10(17(21)22)26-20(14)33-16(15)19(25)31/h2-6,17-18H,7H2,1H3,(H2,25,31)(H,27,30). The Morgan fingerprint density at radius 3 is 2.52 bits per heavy atom. The van der Waals surface area contributed by atoms with Gasteiger partial charge in [-0.25, -0.2) is 22.5 Å². The molecule has 4 rings (SSSR count). The van der Waals surface area contributed by atoms with E-state index in [-0.39, 0.29) is 32.1 Å². The summed E-state index contributed by atoms with van der Waals surface area (Å²) in [6.07, 6.45) is -4.36. The van der Waals surface area contributed by atoms with Crippen LogP contribution >= 0.6 is 11.3 Å². The first-order valence-electron chi connectivity index (χ1n) is 9.37. The number of alkyl halides is 4. The van der Waals surface area contributed by atoms with Crippen LogP contribution in [0.25, 0.3) is 21.5 Å². The molecule has 4 heterocycles. The number of primary amides is 1. The lowest BCUT2D eigenvalue weighted by molar-refractivity contribution is -0.116. The minimum Gasteiger partial charge on any atom is -0.464 e. The molecule has 8 nitrogen and oxygen atoms in total. The number of pyridine rings is 1. The second kappa shape index (κ2) is 8.65. The topological polar surface area (TPSA) is 116 Å². The summed E-state index contributed by atoms with van der Waals surface area (Å²) in [5.74, 6) is -1.40. The van der Waals surface area contributed by atoms with Crippen LogP contribution in [-0.4, -0.2) is 26.6 Å². The first kappa shape index (κ1) is 22.5. The molecule has 0 aromatic carbocycles. The fourth-order valence-corrected chi connectivity index (χ4v) is 4.28. The van der Waals surface area contributed by atoms with Crippen LogP contribution < -0.4 is 11.1 Å². The van der Waals surface area contributed by atoms with Crippen molar-refractivity contribution in [1.82, 2.24) is 14.8 Å². The van der Waals surface area contributed by atoms with E-state index < -0.39 is 42.6 Å². The van der Waals surface area contributed by atoms with Crippen molar-refractivity contribution >= 4 is 39.1 Å². The molecule has 4 aromatic heterocycles. The number of furan rings is 1. The molecule has 13 heteroatoms. The Hall–Kier alpha value is -3.74. The van der Waals surface area contributed by atoms with E-state index in [1.54, 1.807) is 6.07 Å². The van der Waals surface area contributed by atoms with Gasteiger partial charge in [-0.15, -0.1) is 11.3 Å². The van der Waals surface area contributed by atoms with Crippen molar-refractivity contribution in [1.29, 1.82) is 0 Å². The maximum atomic E-state index is 13.4. The van der Waals surface area contributed by atoms with Crippen LogP contribution in [0, 0.1) is 6.92 Å². The second-order valence-corrected chi connectivity index (χ2v) is 7.94. The average molecular weight is 481 g/mol. The van der Waals surface area contributed by atoms with Gasteiger partial charge < -0.3 is 15.5 Å². The van der Waals surface area contributed by atoms with Gasteiger partial charge in [-0.3, -0.25) is 14.3 Å². The molecular weight excluding hydrogens is 466 g/mol. The molecule has 0 unspecified atom stereocenters. The van der Waals surface area contributed by atoms with Crippen LogP contribution in [-0.2, 0) is 11.3 Å². The maximum absolute atomic E-state index is 13.4. The zero-order chi connectivity index (χ0) is 23.9. The van der Waals surface area contributed by atoms with Gasteiger partial charge in [0, 0.05) is 16.6 Å². The van der Waals surface area contributed by atoms with E-state index in [2.05, 4.69) is 15.4 Å². The molecule has 0 aliphatic rings. The molecule has 0 saturated carbocycles. The number of aryl methyl sites for hydroxylation is 1. The minimum atomic E-state index is -2.90. The van der Waals surface area contributed by atoms with E-state index in [1.807, 2.05) is 0 Å². The molecule has 0 fully saturated rings. The number of amides is 2. The van der Waals surface area contributed by atoms with E-state index in [4.69, 9.17) is 10.2 Å². The molecule has 0 atom stereocenters. The van der Waals surface area contributed by atoms with Gasteiger partial charge in [-0.05, 0) is 31.2 Å². The summed E-state index contributed by atoms with van der Waals surface area (Å²) in [6.45, 7) is 1.07. The molecule has 0 bridgehead atoms. The zero-order valence-corrected chi connectivity index (χ0v) is 17.6. The molecule has 33 heavy (non-hydrogen) atoms. The SMILES string of the molecule is Cc1cc(C(F)F)nn1CC(=O)Nc1c(C(N)=O)sc2nc(C(F)F)cc(-c3ccco3)c12. The summed E-state index contributed by atoms with van der Waals surface area (Å²) in [6, 6.07) is 5.32. The normalized spacial score (nSPS) is 11.6. The van der Waals surface area contributed by atoms with Crippen molar-refractivity contribution in [3.63, 3.8) is 0 Å². The summed E-state index contributed by atoms with van der Waals surface area (Å²) in [7, 11) is 0. The summed E-state index contributed by atoms with van der Waals surface area (Å²) < 4.78 is 59.0. The molecular formula is C20H15F4N5O3S. The van der Waals surface area contributed by atoms with Gasteiger partial charge in [0.1, 0.15) is 33.4 Å². The highest BCUT2D eigenvalue weighted by atomic mass is 32.1. The van der Waals surface area contributed by atoms with Gasteiger partial charge in [0.25, 0.3) is 18.8 Å². The van der Waals surface area contributed by atoms with E-state index >= 15 is 0 Å². The van der Waals surface area contributed by atoms with Crippen molar-refractivity contribution in [2.75, 3.05) is 5.32 Å². The molecule has 0 radical (unpaired) electrons. The number of hydrogen-bond acceptors (Lipinski definition) is 6. The molecule has 0 saturated heterocycles. The second-order valence-electron chi connectivity index (χ2n) is 6.94. The highest BCUT2D eigenvalue weighted by Gasteiger charge is 2.26. The highest BCUT2D eigenvalue weighted by molar-refractivity contribution is 7.21. The van der Waals surface area contributed by atoms with Gasteiger partial charge in [0.05, 0.1) is 12.0 Å². The Bertz CT molecular complexity index is 1350. The average Bonchev–Trinajstić information content (AvgIpc) is 3.47. The summed E-state index contributed by atoms with van der Waals surface area (Å²) >= 11 is 0.737. The lowest BCUT2D eigenvalue weighted by Crippen LogP contribution is -2.22. The number of rotatable bonds is 7. The third-order valence-electron chi connectivity index (χ3n) is 4.70. The number of hydrogen-bond donors (Lipinski definition) is 2. The van der Waals surface area contributed by atoms with Crippen LogP contribution in [0.3, 0.4) is 0 Å². The van der Waals surface area contributed by atoms with Gasteiger partial charge in [-0.1, -0.05) is 0 Å². The Morgan fingerprint density at radius 1 is 1.21 bits per heavy atom.